The molecule has 0 bridgehead atoms. The third-order valence-electron chi connectivity index (χ3n) is 2.67. The molecule has 0 aromatic carbocycles. The Hall–Kier alpha value is -0.820. The quantitative estimate of drug-likeness (QED) is 0.806. The average molecular weight is 234 g/mol. The zero-order valence-electron chi connectivity index (χ0n) is 9.70. The summed E-state index contributed by atoms with van der Waals surface area (Å²) in [5.41, 5.74) is 5.35. The van der Waals surface area contributed by atoms with Gasteiger partial charge in [-0.3, -0.25) is 0 Å². The van der Waals surface area contributed by atoms with Crippen LogP contribution in [0.5, 0.6) is 0 Å². The first-order chi connectivity index (χ1) is 7.78. The van der Waals surface area contributed by atoms with E-state index in [-0.39, 0.29) is 0 Å². The van der Waals surface area contributed by atoms with E-state index < -0.39 is 0 Å². The number of nitrogens with two attached hydrogens (primary N) is 1. The second-order valence-electron chi connectivity index (χ2n) is 4.41. The standard InChI is InChI=1S/C13H18N2S/c1-15(9-11-4-5-11)10-13-7-6-12(16-13)3-2-8-14/h6-7,11H,4-5,8-10,14H2,1H3. The highest BCUT2D eigenvalue weighted by atomic mass is 32.1. The van der Waals surface area contributed by atoms with Crippen LogP contribution in [-0.2, 0) is 6.54 Å². The topological polar surface area (TPSA) is 29.3 Å². The van der Waals surface area contributed by atoms with Gasteiger partial charge in [0.05, 0.1) is 11.4 Å². The number of hydrogen-bond acceptors (Lipinski definition) is 3. The largest absolute Gasteiger partial charge is 0.320 e. The predicted molar refractivity (Wildman–Crippen MR) is 69.3 cm³/mol. The van der Waals surface area contributed by atoms with Crippen LogP contribution < -0.4 is 5.73 Å². The van der Waals surface area contributed by atoms with Gasteiger partial charge in [0.25, 0.3) is 0 Å². The second kappa shape index (κ2) is 5.49. The molecule has 0 aliphatic heterocycles. The number of nitrogens with zero attached hydrogens (tertiary/aromatic N) is 1. The molecule has 0 spiro atoms. The van der Waals surface area contributed by atoms with Gasteiger partial charge in [-0.25, -0.2) is 0 Å². The van der Waals surface area contributed by atoms with Crippen molar-refractivity contribution in [2.75, 3.05) is 20.1 Å². The lowest BCUT2D eigenvalue weighted by Crippen LogP contribution is -2.19. The first kappa shape index (κ1) is 11.7. The van der Waals surface area contributed by atoms with Crippen LogP contribution in [0.4, 0.5) is 0 Å². The summed E-state index contributed by atoms with van der Waals surface area (Å²) in [6, 6.07) is 4.27. The molecular weight excluding hydrogens is 216 g/mol. The summed E-state index contributed by atoms with van der Waals surface area (Å²) in [5, 5.41) is 0. The molecule has 0 amide bonds. The minimum absolute atomic E-state index is 0.439. The molecule has 1 aliphatic carbocycles. The highest BCUT2D eigenvalue weighted by molar-refractivity contribution is 7.12. The molecule has 1 aromatic heterocycles. The Morgan fingerprint density at radius 3 is 3.00 bits per heavy atom. The zero-order valence-corrected chi connectivity index (χ0v) is 10.5. The van der Waals surface area contributed by atoms with Crippen molar-refractivity contribution in [3.8, 4) is 11.8 Å². The molecule has 1 aromatic rings. The number of hydrogen-bond donors (Lipinski definition) is 1. The van der Waals surface area contributed by atoms with Crippen molar-refractivity contribution >= 4 is 11.3 Å². The van der Waals surface area contributed by atoms with E-state index in [9.17, 15) is 0 Å². The lowest BCUT2D eigenvalue weighted by molar-refractivity contribution is 0.316. The van der Waals surface area contributed by atoms with Crippen molar-refractivity contribution in [1.29, 1.82) is 0 Å². The van der Waals surface area contributed by atoms with Gasteiger partial charge in [-0.05, 0) is 37.9 Å². The van der Waals surface area contributed by atoms with Crippen LogP contribution in [-0.4, -0.2) is 25.0 Å². The van der Waals surface area contributed by atoms with Crippen LogP contribution in [0, 0.1) is 17.8 Å². The molecule has 3 heteroatoms. The van der Waals surface area contributed by atoms with E-state index in [0.717, 1.165) is 17.3 Å². The molecule has 1 saturated carbocycles. The van der Waals surface area contributed by atoms with Gasteiger partial charge in [0.1, 0.15) is 0 Å². The molecule has 0 saturated heterocycles. The predicted octanol–water partition coefficient (Wildman–Crippen LogP) is 1.90. The van der Waals surface area contributed by atoms with Crippen LogP contribution in [0.1, 0.15) is 22.6 Å². The Morgan fingerprint density at radius 2 is 2.31 bits per heavy atom. The molecule has 2 N–H and O–H groups in total. The van der Waals surface area contributed by atoms with Gasteiger partial charge in [0, 0.05) is 18.0 Å². The average Bonchev–Trinajstić information content (AvgIpc) is 2.94. The number of thiophene rings is 1. The summed E-state index contributed by atoms with van der Waals surface area (Å²) in [4.78, 5) is 4.92. The molecule has 86 valence electrons. The highest BCUT2D eigenvalue weighted by Crippen LogP contribution is 2.30. The molecule has 0 unspecified atom stereocenters. The van der Waals surface area contributed by atoms with Crippen LogP contribution in [0.15, 0.2) is 12.1 Å². The van der Waals surface area contributed by atoms with Crippen molar-refractivity contribution in [3.63, 3.8) is 0 Å². The van der Waals surface area contributed by atoms with E-state index in [4.69, 9.17) is 5.73 Å². The fourth-order valence-corrected chi connectivity index (χ4v) is 2.70. The Morgan fingerprint density at radius 1 is 1.50 bits per heavy atom. The van der Waals surface area contributed by atoms with E-state index in [2.05, 4.69) is 35.9 Å². The summed E-state index contributed by atoms with van der Waals surface area (Å²) in [6.45, 7) is 2.72. The fraction of sp³-hybridized carbons (Fsp3) is 0.538. The normalized spacial score (nSPS) is 14.9. The van der Waals surface area contributed by atoms with Crippen LogP contribution in [0.3, 0.4) is 0 Å². The Balaban J connectivity index is 1.85. The van der Waals surface area contributed by atoms with E-state index in [0.29, 0.717) is 6.54 Å². The lowest BCUT2D eigenvalue weighted by atomic mass is 10.3. The van der Waals surface area contributed by atoms with Crippen molar-refractivity contribution in [1.82, 2.24) is 4.90 Å². The molecule has 1 heterocycles. The minimum Gasteiger partial charge on any atom is -0.320 e. The van der Waals surface area contributed by atoms with Crippen LogP contribution in [0.25, 0.3) is 0 Å². The van der Waals surface area contributed by atoms with Gasteiger partial charge in [-0.1, -0.05) is 11.8 Å². The summed E-state index contributed by atoms with van der Waals surface area (Å²) < 4.78 is 0. The summed E-state index contributed by atoms with van der Waals surface area (Å²) >= 11 is 1.78. The molecule has 2 rings (SSSR count). The van der Waals surface area contributed by atoms with Gasteiger partial charge in [-0.2, -0.15) is 0 Å². The first-order valence-electron chi connectivity index (χ1n) is 5.74. The van der Waals surface area contributed by atoms with Gasteiger partial charge in [-0.15, -0.1) is 11.3 Å². The van der Waals surface area contributed by atoms with E-state index in [1.54, 1.807) is 11.3 Å². The van der Waals surface area contributed by atoms with E-state index >= 15 is 0 Å². The zero-order chi connectivity index (χ0) is 11.4. The van der Waals surface area contributed by atoms with Gasteiger partial charge in [0.2, 0.25) is 0 Å². The maximum Gasteiger partial charge on any atom is 0.0772 e. The van der Waals surface area contributed by atoms with Crippen LogP contribution >= 0.6 is 11.3 Å². The molecule has 1 aliphatic rings. The van der Waals surface area contributed by atoms with Crippen molar-refractivity contribution < 1.29 is 0 Å². The summed E-state index contributed by atoms with van der Waals surface area (Å²) in [6.07, 6.45) is 2.84. The Bertz CT molecular complexity index is 396. The van der Waals surface area contributed by atoms with Crippen molar-refractivity contribution in [2.45, 2.75) is 19.4 Å². The Kier molecular flexibility index (Phi) is 4.00. The van der Waals surface area contributed by atoms with Crippen molar-refractivity contribution in [3.05, 3.63) is 21.9 Å². The molecule has 0 atom stereocenters. The molecular formula is C13H18N2S. The highest BCUT2D eigenvalue weighted by Gasteiger charge is 2.22. The van der Waals surface area contributed by atoms with E-state index in [1.807, 2.05) is 0 Å². The molecule has 2 nitrogen and oxygen atoms in total. The SMILES string of the molecule is CN(Cc1ccc(C#CCN)s1)CC1CC1. The number of rotatable bonds is 4. The van der Waals surface area contributed by atoms with Gasteiger partial charge < -0.3 is 10.6 Å². The maximum absolute atomic E-state index is 5.35. The van der Waals surface area contributed by atoms with Crippen LogP contribution in [0.2, 0.25) is 0 Å². The fourth-order valence-electron chi connectivity index (χ4n) is 1.74. The van der Waals surface area contributed by atoms with E-state index in [1.165, 1.54) is 24.3 Å². The van der Waals surface area contributed by atoms with Gasteiger partial charge in [0.15, 0.2) is 0 Å². The molecule has 16 heavy (non-hydrogen) atoms. The third kappa shape index (κ3) is 3.64. The third-order valence-corrected chi connectivity index (χ3v) is 3.65. The molecule has 1 fully saturated rings. The monoisotopic (exact) mass is 234 g/mol. The smallest absolute Gasteiger partial charge is 0.0772 e. The first-order valence-corrected chi connectivity index (χ1v) is 6.56. The minimum atomic E-state index is 0.439. The lowest BCUT2D eigenvalue weighted by Gasteiger charge is -2.14. The summed E-state index contributed by atoms with van der Waals surface area (Å²) in [7, 11) is 2.20. The maximum atomic E-state index is 5.35. The summed E-state index contributed by atoms with van der Waals surface area (Å²) in [5.74, 6) is 6.92. The Labute approximate surface area is 101 Å². The van der Waals surface area contributed by atoms with Gasteiger partial charge >= 0.3 is 0 Å². The van der Waals surface area contributed by atoms with Crippen molar-refractivity contribution in [2.24, 2.45) is 11.7 Å². The molecule has 0 radical (unpaired) electrons. The second-order valence-corrected chi connectivity index (χ2v) is 5.58.